The van der Waals surface area contributed by atoms with Crippen LogP contribution in [0.5, 0.6) is 0 Å². The Bertz CT molecular complexity index is 734. The second-order valence-corrected chi connectivity index (χ2v) is 6.83. The predicted molar refractivity (Wildman–Crippen MR) is 91.3 cm³/mol. The van der Waals surface area contributed by atoms with Gasteiger partial charge in [-0.15, -0.1) is 0 Å². The first kappa shape index (κ1) is 20.0. The summed E-state index contributed by atoms with van der Waals surface area (Å²) in [5.74, 6) is -0.587. The second kappa shape index (κ2) is 7.91. The van der Waals surface area contributed by atoms with Crippen LogP contribution >= 0.6 is 0 Å². The Kier molecular flexibility index (Phi) is 6.08. The van der Waals surface area contributed by atoms with Crippen LogP contribution in [0.2, 0.25) is 0 Å². The topological polar surface area (TPSA) is 35.5 Å². The van der Waals surface area contributed by atoms with Crippen LogP contribution in [-0.4, -0.2) is 11.6 Å². The Labute approximate surface area is 150 Å². The van der Waals surface area contributed by atoms with Gasteiger partial charge in [0.1, 0.15) is 5.60 Å². The van der Waals surface area contributed by atoms with Gasteiger partial charge in [-0.05, 0) is 44.0 Å². The second-order valence-electron chi connectivity index (χ2n) is 6.83. The quantitative estimate of drug-likeness (QED) is 0.673. The number of esters is 1. The molecular weight excluding hydrogens is 345 g/mol. The molecule has 26 heavy (non-hydrogen) atoms. The van der Waals surface area contributed by atoms with Crippen molar-refractivity contribution in [3.63, 3.8) is 0 Å². The van der Waals surface area contributed by atoms with Crippen LogP contribution in [0.3, 0.4) is 0 Å². The van der Waals surface area contributed by atoms with Crippen molar-refractivity contribution in [2.45, 2.75) is 45.3 Å². The number of benzene rings is 2. The van der Waals surface area contributed by atoms with Crippen molar-refractivity contribution in [3.05, 3.63) is 71.3 Å². The van der Waals surface area contributed by atoms with Gasteiger partial charge >= 0.3 is 12.1 Å². The summed E-state index contributed by atoms with van der Waals surface area (Å²) >= 11 is 0. The molecule has 0 radical (unpaired) electrons. The van der Waals surface area contributed by atoms with Gasteiger partial charge in [0.15, 0.2) is 6.10 Å². The number of hydrogen-bond donors (Lipinski definition) is 0. The van der Waals surface area contributed by atoms with Crippen LogP contribution in [0.4, 0.5) is 13.2 Å². The van der Waals surface area contributed by atoms with Crippen molar-refractivity contribution < 1.29 is 27.4 Å². The van der Waals surface area contributed by atoms with Crippen LogP contribution in [0.15, 0.2) is 54.6 Å². The molecule has 140 valence electrons. The van der Waals surface area contributed by atoms with Gasteiger partial charge in [0, 0.05) is 0 Å². The van der Waals surface area contributed by atoms with Crippen LogP contribution in [0.1, 0.15) is 43.6 Å². The fourth-order valence-corrected chi connectivity index (χ4v) is 2.30. The number of rotatable bonds is 5. The number of carbonyl (C=O) groups is 1. The van der Waals surface area contributed by atoms with Crippen molar-refractivity contribution in [2.75, 3.05) is 0 Å². The Balaban J connectivity index is 2.19. The first-order chi connectivity index (χ1) is 12.1. The molecular formula is C20H21F3O3. The summed E-state index contributed by atoms with van der Waals surface area (Å²) in [5, 5.41) is 0. The Morgan fingerprint density at radius 1 is 1.00 bits per heavy atom. The minimum Gasteiger partial charge on any atom is -0.458 e. The average molecular weight is 366 g/mol. The first-order valence-corrected chi connectivity index (χ1v) is 8.12. The van der Waals surface area contributed by atoms with E-state index < -0.39 is 29.4 Å². The summed E-state index contributed by atoms with van der Waals surface area (Å²) in [4.78, 5) is 12.5. The molecule has 2 rings (SSSR count). The molecule has 0 fully saturated rings. The molecule has 1 atom stereocenters. The Morgan fingerprint density at radius 2 is 1.65 bits per heavy atom. The number of halogens is 3. The smallest absolute Gasteiger partial charge is 0.416 e. The highest BCUT2D eigenvalue weighted by Gasteiger charge is 2.31. The highest BCUT2D eigenvalue weighted by Crippen LogP contribution is 2.30. The van der Waals surface area contributed by atoms with E-state index in [-0.39, 0.29) is 6.61 Å². The highest BCUT2D eigenvalue weighted by atomic mass is 19.4. The largest absolute Gasteiger partial charge is 0.458 e. The van der Waals surface area contributed by atoms with E-state index in [4.69, 9.17) is 9.47 Å². The summed E-state index contributed by atoms with van der Waals surface area (Å²) < 4.78 is 49.5. The van der Waals surface area contributed by atoms with Gasteiger partial charge in [0.05, 0.1) is 12.2 Å². The number of hydrogen-bond acceptors (Lipinski definition) is 3. The summed E-state index contributed by atoms with van der Waals surface area (Å²) in [6.45, 7) is 5.06. The van der Waals surface area contributed by atoms with Crippen LogP contribution in [0, 0.1) is 0 Å². The van der Waals surface area contributed by atoms with Gasteiger partial charge in [-0.2, -0.15) is 13.2 Å². The molecule has 0 saturated heterocycles. The van der Waals surface area contributed by atoms with E-state index in [2.05, 4.69) is 0 Å². The van der Waals surface area contributed by atoms with E-state index in [1.165, 1.54) is 12.1 Å². The third-order valence-corrected chi connectivity index (χ3v) is 3.39. The zero-order chi connectivity index (χ0) is 19.4. The first-order valence-electron chi connectivity index (χ1n) is 8.12. The molecule has 2 aromatic rings. The van der Waals surface area contributed by atoms with Crippen molar-refractivity contribution in [3.8, 4) is 0 Å². The standard InChI is InChI=1S/C20H21F3O3/c1-19(2,3)26-18(24)17(15-9-5-4-6-10-15)25-13-14-8-7-11-16(12-14)20(21,22)23/h4-12,17H,13H2,1-3H3. The summed E-state index contributed by atoms with van der Waals surface area (Å²) in [5.41, 5.74) is -0.561. The number of carbonyl (C=O) groups excluding carboxylic acids is 1. The fourth-order valence-electron chi connectivity index (χ4n) is 2.30. The molecule has 0 aliphatic heterocycles. The lowest BCUT2D eigenvalue weighted by Gasteiger charge is -2.24. The van der Waals surface area contributed by atoms with Crippen LogP contribution in [-0.2, 0) is 27.1 Å². The molecule has 2 aromatic carbocycles. The average Bonchev–Trinajstić information content (AvgIpc) is 2.54. The van der Waals surface area contributed by atoms with Gasteiger partial charge in [-0.3, -0.25) is 0 Å². The van der Waals surface area contributed by atoms with E-state index in [1.807, 2.05) is 0 Å². The molecule has 0 aromatic heterocycles. The normalized spacial score (nSPS) is 13.3. The molecule has 0 N–H and O–H groups in total. The molecule has 0 amide bonds. The van der Waals surface area contributed by atoms with E-state index in [9.17, 15) is 18.0 Å². The lowest BCUT2D eigenvalue weighted by Crippen LogP contribution is -2.29. The maximum Gasteiger partial charge on any atom is 0.416 e. The Hall–Kier alpha value is -2.34. The summed E-state index contributed by atoms with van der Waals surface area (Å²) in [6, 6.07) is 13.5. The lowest BCUT2D eigenvalue weighted by molar-refractivity contribution is -0.170. The van der Waals surface area contributed by atoms with Crippen LogP contribution < -0.4 is 0 Å². The van der Waals surface area contributed by atoms with E-state index >= 15 is 0 Å². The van der Waals surface area contributed by atoms with Crippen molar-refractivity contribution in [2.24, 2.45) is 0 Å². The maximum atomic E-state index is 12.8. The van der Waals surface area contributed by atoms with E-state index in [1.54, 1.807) is 51.1 Å². The maximum absolute atomic E-state index is 12.8. The van der Waals surface area contributed by atoms with Crippen molar-refractivity contribution >= 4 is 5.97 Å². The molecule has 0 aliphatic carbocycles. The highest BCUT2D eigenvalue weighted by molar-refractivity contribution is 5.77. The van der Waals surface area contributed by atoms with Gasteiger partial charge in [-0.1, -0.05) is 42.5 Å². The van der Waals surface area contributed by atoms with Crippen LogP contribution in [0.25, 0.3) is 0 Å². The van der Waals surface area contributed by atoms with E-state index in [0.29, 0.717) is 11.1 Å². The molecule has 3 nitrogen and oxygen atoms in total. The van der Waals surface area contributed by atoms with Crippen molar-refractivity contribution in [1.29, 1.82) is 0 Å². The van der Waals surface area contributed by atoms with Crippen molar-refractivity contribution in [1.82, 2.24) is 0 Å². The third-order valence-electron chi connectivity index (χ3n) is 3.39. The summed E-state index contributed by atoms with van der Waals surface area (Å²) in [7, 11) is 0. The molecule has 6 heteroatoms. The molecule has 0 aliphatic rings. The number of alkyl halides is 3. The lowest BCUT2D eigenvalue weighted by atomic mass is 10.1. The molecule has 0 heterocycles. The summed E-state index contributed by atoms with van der Waals surface area (Å²) in [6.07, 6.45) is -5.45. The van der Waals surface area contributed by atoms with Gasteiger partial charge in [0.25, 0.3) is 0 Å². The molecule has 0 saturated carbocycles. The number of ether oxygens (including phenoxy) is 2. The minimum absolute atomic E-state index is 0.150. The molecule has 0 spiro atoms. The SMILES string of the molecule is CC(C)(C)OC(=O)C(OCc1cccc(C(F)(F)F)c1)c1ccccc1. The third kappa shape index (κ3) is 5.88. The molecule has 1 unspecified atom stereocenters. The zero-order valence-electron chi connectivity index (χ0n) is 14.8. The minimum atomic E-state index is -4.43. The van der Waals surface area contributed by atoms with E-state index in [0.717, 1.165) is 12.1 Å². The van der Waals surface area contributed by atoms with Gasteiger partial charge in [0.2, 0.25) is 0 Å². The molecule has 0 bridgehead atoms. The van der Waals surface area contributed by atoms with Gasteiger partial charge < -0.3 is 9.47 Å². The van der Waals surface area contributed by atoms with Gasteiger partial charge in [-0.25, -0.2) is 4.79 Å². The monoisotopic (exact) mass is 366 g/mol. The zero-order valence-corrected chi connectivity index (χ0v) is 14.8. The Morgan fingerprint density at radius 3 is 2.23 bits per heavy atom. The predicted octanol–water partition coefficient (Wildman–Crippen LogP) is 5.31. The fraction of sp³-hybridized carbons (Fsp3) is 0.350.